The predicted octanol–water partition coefficient (Wildman–Crippen LogP) is -0.381. The molecule has 1 rings (SSSR count). The highest BCUT2D eigenvalue weighted by atomic mass is 19.1. The van der Waals surface area contributed by atoms with Gasteiger partial charge in [-0.3, -0.25) is 4.79 Å². The number of hydrogen-bond acceptors (Lipinski definition) is 3. The van der Waals surface area contributed by atoms with Gasteiger partial charge in [-0.15, -0.1) is 0 Å². The fourth-order valence-electron chi connectivity index (χ4n) is 1.29. The van der Waals surface area contributed by atoms with Crippen molar-refractivity contribution >= 4 is 5.97 Å². The fraction of sp³-hybridized carbons (Fsp3) is 0.857. The summed E-state index contributed by atoms with van der Waals surface area (Å²) in [7, 11) is 0. The molecule has 0 saturated heterocycles. The third-order valence-electron chi connectivity index (χ3n) is 2.41. The molecule has 4 nitrogen and oxygen atoms in total. The van der Waals surface area contributed by atoms with Crippen LogP contribution in [0.4, 0.5) is 4.39 Å². The lowest BCUT2D eigenvalue weighted by Crippen LogP contribution is -2.57. The maximum Gasteiger partial charge on any atom is 0.305 e. The summed E-state index contributed by atoms with van der Waals surface area (Å²) in [6.45, 7) is -0.129. The molecule has 70 valence electrons. The first kappa shape index (κ1) is 9.41. The molecular formula is C7H13FN2O2. The van der Waals surface area contributed by atoms with Crippen LogP contribution < -0.4 is 11.5 Å². The Morgan fingerprint density at radius 1 is 1.67 bits per heavy atom. The Labute approximate surface area is 69.7 Å². The molecule has 1 aliphatic carbocycles. The number of carboxylic acids is 1. The summed E-state index contributed by atoms with van der Waals surface area (Å²) >= 11 is 0. The molecule has 1 unspecified atom stereocenters. The zero-order valence-corrected chi connectivity index (χ0v) is 6.72. The van der Waals surface area contributed by atoms with Crippen LogP contribution in [0.2, 0.25) is 0 Å². The molecular weight excluding hydrogens is 163 g/mol. The summed E-state index contributed by atoms with van der Waals surface area (Å²) in [6.07, 6.45) is 0.252. The Morgan fingerprint density at radius 3 is 2.42 bits per heavy atom. The first-order chi connectivity index (χ1) is 5.43. The van der Waals surface area contributed by atoms with Gasteiger partial charge in [0.15, 0.2) is 0 Å². The van der Waals surface area contributed by atoms with Crippen molar-refractivity contribution < 1.29 is 14.3 Å². The number of halogens is 1. The van der Waals surface area contributed by atoms with Gasteiger partial charge in [0, 0.05) is 6.54 Å². The van der Waals surface area contributed by atoms with Crippen LogP contribution in [0.1, 0.15) is 19.3 Å². The van der Waals surface area contributed by atoms with Crippen LogP contribution >= 0.6 is 0 Å². The van der Waals surface area contributed by atoms with Crippen molar-refractivity contribution in [2.24, 2.45) is 11.5 Å². The summed E-state index contributed by atoms with van der Waals surface area (Å²) < 4.78 is 13.4. The topological polar surface area (TPSA) is 89.3 Å². The quantitative estimate of drug-likeness (QED) is 0.544. The molecule has 12 heavy (non-hydrogen) atoms. The Kier molecular flexibility index (Phi) is 2.09. The van der Waals surface area contributed by atoms with Gasteiger partial charge in [-0.1, -0.05) is 0 Å². The van der Waals surface area contributed by atoms with Crippen LogP contribution in [0, 0.1) is 0 Å². The fourth-order valence-corrected chi connectivity index (χ4v) is 1.29. The molecule has 0 aromatic heterocycles. The van der Waals surface area contributed by atoms with E-state index in [1.165, 1.54) is 0 Å². The lowest BCUT2D eigenvalue weighted by molar-refractivity contribution is -0.139. The minimum Gasteiger partial charge on any atom is -0.481 e. The average Bonchev–Trinajstić information content (AvgIpc) is 2.68. The Bertz CT molecular complexity index is 206. The molecule has 1 aliphatic rings. The van der Waals surface area contributed by atoms with Crippen LogP contribution in [-0.4, -0.2) is 28.8 Å². The van der Waals surface area contributed by atoms with Gasteiger partial charge in [0.25, 0.3) is 0 Å². The minimum absolute atomic E-state index is 0.129. The summed E-state index contributed by atoms with van der Waals surface area (Å²) in [4.78, 5) is 10.3. The maximum absolute atomic E-state index is 13.4. The summed E-state index contributed by atoms with van der Waals surface area (Å²) in [6, 6.07) is 0. The van der Waals surface area contributed by atoms with Gasteiger partial charge in [-0.25, -0.2) is 4.39 Å². The molecule has 0 heterocycles. The molecule has 0 bridgehead atoms. The van der Waals surface area contributed by atoms with Crippen LogP contribution in [0.25, 0.3) is 0 Å². The number of carboxylic acid groups (broad SMARTS) is 1. The van der Waals surface area contributed by atoms with Gasteiger partial charge in [-0.05, 0) is 12.8 Å². The lowest BCUT2D eigenvalue weighted by Gasteiger charge is -2.29. The second-order valence-corrected chi connectivity index (χ2v) is 3.40. The Balaban J connectivity index is 2.68. The first-order valence-electron chi connectivity index (χ1n) is 3.83. The van der Waals surface area contributed by atoms with Gasteiger partial charge < -0.3 is 16.6 Å². The average molecular weight is 176 g/mol. The number of rotatable bonds is 4. The van der Waals surface area contributed by atoms with E-state index in [4.69, 9.17) is 16.6 Å². The highest BCUT2D eigenvalue weighted by molar-refractivity contribution is 5.69. The van der Waals surface area contributed by atoms with Crippen molar-refractivity contribution in [1.29, 1.82) is 0 Å². The van der Waals surface area contributed by atoms with Gasteiger partial charge in [0.2, 0.25) is 0 Å². The second-order valence-electron chi connectivity index (χ2n) is 3.40. The summed E-state index contributed by atoms with van der Waals surface area (Å²) in [5.41, 5.74) is 7.89. The molecule has 1 fully saturated rings. The second kappa shape index (κ2) is 2.67. The smallest absolute Gasteiger partial charge is 0.305 e. The summed E-state index contributed by atoms with van der Waals surface area (Å²) in [5, 5.41) is 8.47. The highest BCUT2D eigenvalue weighted by Gasteiger charge is 2.58. The standard InChI is InChI=1S/C7H13FN2O2/c8-6(1-2-6)7(10,4-9)3-5(11)12/h1-4,9-10H2,(H,11,12). The predicted molar refractivity (Wildman–Crippen MR) is 41.3 cm³/mol. The van der Waals surface area contributed by atoms with E-state index < -0.39 is 23.6 Å². The van der Waals surface area contributed by atoms with Crippen molar-refractivity contribution in [2.45, 2.75) is 30.5 Å². The molecule has 0 radical (unpaired) electrons. The van der Waals surface area contributed by atoms with E-state index in [1.807, 2.05) is 0 Å². The van der Waals surface area contributed by atoms with E-state index in [9.17, 15) is 9.18 Å². The zero-order valence-electron chi connectivity index (χ0n) is 6.72. The van der Waals surface area contributed by atoms with Gasteiger partial charge in [0.05, 0.1) is 12.0 Å². The molecule has 1 saturated carbocycles. The van der Waals surface area contributed by atoms with Crippen molar-refractivity contribution in [3.63, 3.8) is 0 Å². The van der Waals surface area contributed by atoms with E-state index in [0.29, 0.717) is 12.8 Å². The molecule has 0 spiro atoms. The molecule has 5 N–H and O–H groups in total. The lowest BCUT2D eigenvalue weighted by atomic mass is 9.89. The number of aliphatic carboxylic acids is 1. The van der Waals surface area contributed by atoms with Crippen molar-refractivity contribution in [1.82, 2.24) is 0 Å². The monoisotopic (exact) mass is 176 g/mol. The Morgan fingerprint density at radius 2 is 2.17 bits per heavy atom. The third-order valence-corrected chi connectivity index (χ3v) is 2.41. The zero-order chi connectivity index (χ0) is 9.41. The molecule has 0 aliphatic heterocycles. The van der Waals surface area contributed by atoms with Gasteiger partial charge in [0.1, 0.15) is 5.67 Å². The third kappa shape index (κ3) is 1.42. The van der Waals surface area contributed by atoms with E-state index >= 15 is 0 Å². The van der Waals surface area contributed by atoms with Gasteiger partial charge in [-0.2, -0.15) is 0 Å². The molecule has 0 aromatic rings. The minimum atomic E-state index is -1.54. The maximum atomic E-state index is 13.4. The normalized spacial score (nSPS) is 24.6. The number of carbonyl (C=O) groups is 1. The number of nitrogens with two attached hydrogens (primary N) is 2. The van der Waals surface area contributed by atoms with Crippen LogP contribution in [0.3, 0.4) is 0 Å². The van der Waals surface area contributed by atoms with E-state index in [0.717, 1.165) is 0 Å². The molecule has 0 amide bonds. The number of alkyl halides is 1. The molecule has 0 aromatic carbocycles. The van der Waals surface area contributed by atoms with Gasteiger partial charge >= 0.3 is 5.97 Å². The summed E-state index contributed by atoms with van der Waals surface area (Å²) in [5.74, 6) is -1.10. The van der Waals surface area contributed by atoms with Crippen LogP contribution in [0.5, 0.6) is 0 Å². The molecule has 1 atom stereocenters. The van der Waals surface area contributed by atoms with Crippen LogP contribution in [0.15, 0.2) is 0 Å². The first-order valence-corrected chi connectivity index (χ1v) is 3.83. The van der Waals surface area contributed by atoms with Crippen LogP contribution in [-0.2, 0) is 4.79 Å². The largest absolute Gasteiger partial charge is 0.481 e. The molecule has 5 heteroatoms. The van der Waals surface area contributed by atoms with Crippen molar-refractivity contribution in [2.75, 3.05) is 6.54 Å². The SMILES string of the molecule is NCC(N)(CC(=O)O)C1(F)CC1. The highest BCUT2D eigenvalue weighted by Crippen LogP contribution is 2.48. The van der Waals surface area contributed by atoms with E-state index in [2.05, 4.69) is 0 Å². The number of hydrogen-bond donors (Lipinski definition) is 3. The van der Waals surface area contributed by atoms with E-state index in [-0.39, 0.29) is 6.54 Å². The van der Waals surface area contributed by atoms with Crippen molar-refractivity contribution in [3.05, 3.63) is 0 Å². The Hall–Kier alpha value is -0.680. The van der Waals surface area contributed by atoms with E-state index in [1.54, 1.807) is 0 Å². The van der Waals surface area contributed by atoms with Crippen molar-refractivity contribution in [3.8, 4) is 0 Å².